The van der Waals surface area contributed by atoms with E-state index < -0.39 is 20.0 Å². The van der Waals surface area contributed by atoms with Crippen LogP contribution in [0.3, 0.4) is 0 Å². The lowest BCUT2D eigenvalue weighted by atomic mass is 10.2. The van der Waals surface area contributed by atoms with Crippen LogP contribution in [-0.2, 0) is 24.8 Å². The van der Waals surface area contributed by atoms with Gasteiger partial charge in [0.15, 0.2) is 0 Å². The van der Waals surface area contributed by atoms with Crippen molar-refractivity contribution in [2.24, 2.45) is 0 Å². The lowest BCUT2D eigenvalue weighted by molar-refractivity contribution is -0.114. The predicted octanol–water partition coefficient (Wildman–Crippen LogP) is -0.123. The number of amides is 1. The van der Waals surface area contributed by atoms with Gasteiger partial charge in [0.1, 0.15) is 0 Å². The summed E-state index contributed by atoms with van der Waals surface area (Å²) in [4.78, 5) is 11.2. The van der Waals surface area contributed by atoms with Crippen molar-refractivity contribution in [2.75, 3.05) is 30.7 Å². The molecule has 1 aliphatic rings. The van der Waals surface area contributed by atoms with Gasteiger partial charge < -0.3 is 5.32 Å². The van der Waals surface area contributed by atoms with E-state index in [1.165, 1.54) is 13.0 Å². The van der Waals surface area contributed by atoms with E-state index in [0.29, 0.717) is 11.3 Å². The molecule has 23 heavy (non-hydrogen) atoms. The van der Waals surface area contributed by atoms with Crippen LogP contribution in [0, 0.1) is 6.92 Å². The molecule has 0 aromatic heterocycles. The maximum absolute atomic E-state index is 12.8. The Kier molecular flexibility index (Phi) is 5.09. The van der Waals surface area contributed by atoms with E-state index in [-0.39, 0.29) is 36.2 Å². The summed E-state index contributed by atoms with van der Waals surface area (Å²) in [5.41, 5.74) is 0.904. The monoisotopic (exact) mass is 361 g/mol. The number of nitrogens with one attached hydrogen (secondary N) is 2. The molecular formula is C13H19N3O5S2. The molecule has 1 fully saturated rings. The Morgan fingerprint density at radius 1 is 1.30 bits per heavy atom. The highest BCUT2D eigenvalue weighted by atomic mass is 32.2. The predicted molar refractivity (Wildman–Crippen MR) is 86.0 cm³/mol. The third-order valence-electron chi connectivity index (χ3n) is 3.42. The zero-order chi connectivity index (χ0) is 17.3. The summed E-state index contributed by atoms with van der Waals surface area (Å²) in [6, 6.07) is 4.61. The minimum absolute atomic E-state index is 0.0337. The summed E-state index contributed by atoms with van der Waals surface area (Å²) < 4.78 is 52.2. The first-order chi connectivity index (χ1) is 10.6. The van der Waals surface area contributed by atoms with Crippen molar-refractivity contribution in [2.45, 2.75) is 18.7 Å². The fourth-order valence-electron chi connectivity index (χ4n) is 2.27. The van der Waals surface area contributed by atoms with Crippen LogP contribution in [-0.4, -0.2) is 52.4 Å². The summed E-state index contributed by atoms with van der Waals surface area (Å²) in [5.74, 6) is -0.585. The van der Waals surface area contributed by atoms with Crippen LogP contribution in [0.4, 0.5) is 5.69 Å². The van der Waals surface area contributed by atoms with E-state index in [9.17, 15) is 21.6 Å². The van der Waals surface area contributed by atoms with E-state index in [4.69, 9.17) is 0 Å². The third kappa shape index (κ3) is 4.28. The summed E-state index contributed by atoms with van der Waals surface area (Å²) in [6.07, 6.45) is 0. The Hall–Kier alpha value is -1.49. The van der Waals surface area contributed by atoms with Gasteiger partial charge in [0, 0.05) is 32.2 Å². The highest BCUT2D eigenvalue weighted by Gasteiger charge is 2.30. The number of hydrogen-bond acceptors (Lipinski definition) is 5. The summed E-state index contributed by atoms with van der Waals surface area (Å²) >= 11 is 0. The lowest BCUT2D eigenvalue weighted by Crippen LogP contribution is -2.35. The average molecular weight is 361 g/mol. The number of nitrogens with zero attached hydrogens (tertiary/aromatic N) is 1. The number of carbonyl (C=O) groups excluding carboxylic acids is 1. The van der Waals surface area contributed by atoms with Crippen LogP contribution in [0.2, 0.25) is 0 Å². The normalized spacial score (nSPS) is 19.0. The molecule has 0 radical (unpaired) electrons. The van der Waals surface area contributed by atoms with E-state index >= 15 is 0 Å². The van der Waals surface area contributed by atoms with Gasteiger partial charge >= 0.3 is 0 Å². The molecule has 1 saturated heterocycles. The number of benzene rings is 1. The second kappa shape index (κ2) is 6.56. The molecule has 8 nitrogen and oxygen atoms in total. The lowest BCUT2D eigenvalue weighted by Gasteiger charge is -2.20. The van der Waals surface area contributed by atoms with E-state index in [2.05, 4.69) is 10.0 Å². The van der Waals surface area contributed by atoms with Crippen LogP contribution in [0.15, 0.2) is 23.1 Å². The maximum Gasteiger partial charge on any atom is 0.243 e. The van der Waals surface area contributed by atoms with Gasteiger partial charge in [-0.25, -0.2) is 21.6 Å². The number of sulfonamides is 2. The van der Waals surface area contributed by atoms with Crippen molar-refractivity contribution in [3.8, 4) is 0 Å². The fraction of sp³-hybridized carbons (Fsp3) is 0.462. The number of aryl methyl sites for hydroxylation is 1. The molecule has 1 aromatic carbocycles. The SMILES string of the molecule is CC(=O)Nc1ccc(C)c(S(=O)(=O)N2CCNS(=O)(=O)CC2)c1. The maximum atomic E-state index is 12.8. The molecule has 0 saturated carbocycles. The van der Waals surface area contributed by atoms with Crippen LogP contribution in [0.25, 0.3) is 0 Å². The minimum Gasteiger partial charge on any atom is -0.326 e. The number of carbonyl (C=O) groups is 1. The molecule has 0 aliphatic carbocycles. The topological polar surface area (TPSA) is 113 Å². The second-order valence-corrected chi connectivity index (χ2v) is 9.11. The molecule has 0 bridgehead atoms. The quantitative estimate of drug-likeness (QED) is 0.779. The molecule has 128 valence electrons. The van der Waals surface area contributed by atoms with Crippen molar-refractivity contribution in [3.05, 3.63) is 23.8 Å². The van der Waals surface area contributed by atoms with Gasteiger partial charge in [-0.15, -0.1) is 0 Å². The van der Waals surface area contributed by atoms with Gasteiger partial charge in [0.25, 0.3) is 0 Å². The van der Waals surface area contributed by atoms with Gasteiger partial charge in [0.2, 0.25) is 26.0 Å². The highest BCUT2D eigenvalue weighted by Crippen LogP contribution is 2.24. The second-order valence-electron chi connectivity index (χ2n) is 5.28. The largest absolute Gasteiger partial charge is 0.326 e. The fourth-order valence-corrected chi connectivity index (χ4v) is 5.09. The summed E-state index contributed by atoms with van der Waals surface area (Å²) in [5, 5.41) is 2.54. The van der Waals surface area contributed by atoms with Gasteiger partial charge in [-0.1, -0.05) is 6.07 Å². The highest BCUT2D eigenvalue weighted by molar-refractivity contribution is 7.90. The number of rotatable bonds is 3. The van der Waals surface area contributed by atoms with Crippen molar-refractivity contribution < 1.29 is 21.6 Å². The first kappa shape index (κ1) is 17.9. The standard InChI is InChI=1S/C13H19N3O5S2/c1-10-3-4-12(15-11(2)17)9-13(10)23(20,21)16-6-5-14-22(18,19)8-7-16/h3-4,9,14H,5-8H2,1-2H3,(H,15,17). The average Bonchev–Trinajstić information content (AvgIpc) is 2.61. The van der Waals surface area contributed by atoms with Crippen molar-refractivity contribution in [1.82, 2.24) is 9.03 Å². The molecule has 2 rings (SSSR count). The van der Waals surface area contributed by atoms with Crippen molar-refractivity contribution in [3.63, 3.8) is 0 Å². The van der Waals surface area contributed by atoms with Gasteiger partial charge in [-0.2, -0.15) is 4.31 Å². The molecule has 2 N–H and O–H groups in total. The van der Waals surface area contributed by atoms with Crippen LogP contribution in [0.5, 0.6) is 0 Å². The molecular weight excluding hydrogens is 342 g/mol. The van der Waals surface area contributed by atoms with Crippen molar-refractivity contribution >= 4 is 31.6 Å². The van der Waals surface area contributed by atoms with Crippen LogP contribution >= 0.6 is 0 Å². The Balaban J connectivity index is 2.37. The molecule has 1 aromatic rings. The van der Waals surface area contributed by atoms with Gasteiger partial charge in [-0.05, 0) is 24.6 Å². The zero-order valence-corrected chi connectivity index (χ0v) is 14.5. The smallest absolute Gasteiger partial charge is 0.243 e. The molecule has 1 heterocycles. The first-order valence-electron chi connectivity index (χ1n) is 6.97. The number of hydrogen-bond donors (Lipinski definition) is 2. The minimum atomic E-state index is -3.85. The number of anilines is 1. The van der Waals surface area contributed by atoms with E-state index in [1.807, 2.05) is 0 Å². The Bertz CT molecular complexity index is 818. The van der Waals surface area contributed by atoms with Crippen LogP contribution in [0.1, 0.15) is 12.5 Å². The molecule has 10 heteroatoms. The van der Waals surface area contributed by atoms with Crippen LogP contribution < -0.4 is 10.0 Å². The molecule has 0 unspecified atom stereocenters. The Morgan fingerprint density at radius 3 is 2.65 bits per heavy atom. The van der Waals surface area contributed by atoms with E-state index in [0.717, 1.165) is 4.31 Å². The Labute approximate surface area is 136 Å². The Morgan fingerprint density at radius 2 is 2.00 bits per heavy atom. The molecule has 0 atom stereocenters. The van der Waals surface area contributed by atoms with Gasteiger partial charge in [-0.3, -0.25) is 4.79 Å². The molecule has 1 amide bonds. The van der Waals surface area contributed by atoms with E-state index in [1.54, 1.807) is 19.1 Å². The first-order valence-corrected chi connectivity index (χ1v) is 10.1. The van der Waals surface area contributed by atoms with Crippen molar-refractivity contribution in [1.29, 1.82) is 0 Å². The third-order valence-corrected chi connectivity index (χ3v) is 6.82. The summed E-state index contributed by atoms with van der Waals surface area (Å²) in [7, 11) is -7.29. The van der Waals surface area contributed by atoms with Gasteiger partial charge in [0.05, 0.1) is 10.6 Å². The summed E-state index contributed by atoms with van der Waals surface area (Å²) in [6.45, 7) is 2.97. The molecule has 0 spiro atoms. The zero-order valence-electron chi connectivity index (χ0n) is 12.9. The molecule has 1 aliphatic heterocycles.